The van der Waals surface area contributed by atoms with Gasteiger partial charge < -0.3 is 18.3 Å². The summed E-state index contributed by atoms with van der Waals surface area (Å²) < 4.78 is 15.1. The van der Waals surface area contributed by atoms with Gasteiger partial charge in [0.05, 0.1) is 17.1 Å². The second kappa shape index (κ2) is 12.6. The summed E-state index contributed by atoms with van der Waals surface area (Å²) in [6, 6.07) is 38.3. The van der Waals surface area contributed by atoms with Crippen molar-refractivity contribution in [3.8, 4) is 5.69 Å². The zero-order valence-electron chi connectivity index (χ0n) is 32.9. The van der Waals surface area contributed by atoms with Crippen molar-refractivity contribution in [2.75, 3.05) is 4.90 Å². The van der Waals surface area contributed by atoms with Gasteiger partial charge in [-0.3, -0.25) is 0 Å². The molecule has 5 aromatic carbocycles. The van der Waals surface area contributed by atoms with Crippen molar-refractivity contribution < 1.29 is 8.83 Å². The molecule has 4 aliphatic carbocycles. The van der Waals surface area contributed by atoms with Crippen LogP contribution in [0.2, 0.25) is 0 Å². The Labute approximate surface area is 343 Å². The van der Waals surface area contributed by atoms with E-state index in [1.807, 2.05) is 12.1 Å². The summed E-state index contributed by atoms with van der Waals surface area (Å²) >= 11 is 0. The lowest BCUT2D eigenvalue weighted by Gasteiger charge is -2.34. The summed E-state index contributed by atoms with van der Waals surface area (Å²) in [4.78, 5) is 2.67. The first kappa shape index (κ1) is 33.2. The van der Waals surface area contributed by atoms with Crippen molar-refractivity contribution in [3.63, 3.8) is 0 Å². The van der Waals surface area contributed by atoms with Crippen LogP contribution in [0.3, 0.4) is 0 Å². The highest BCUT2D eigenvalue weighted by molar-refractivity contribution is 6.11. The molecule has 0 fully saturated rings. The lowest BCUT2D eigenvalue weighted by molar-refractivity contribution is 0.458. The molecular formula is C55H42N2O2. The first-order valence-corrected chi connectivity index (χ1v) is 21.3. The van der Waals surface area contributed by atoms with E-state index in [-0.39, 0.29) is 12.0 Å². The van der Waals surface area contributed by atoms with E-state index < -0.39 is 0 Å². The Bertz CT molecular complexity index is 3280. The molecule has 0 bridgehead atoms. The zero-order valence-corrected chi connectivity index (χ0v) is 32.9. The average Bonchev–Trinajstić information content (AvgIpc) is 4.04. The molecule has 0 amide bonds. The molecule has 13 rings (SSSR count). The summed E-state index contributed by atoms with van der Waals surface area (Å²) in [7, 11) is 0. The van der Waals surface area contributed by atoms with Gasteiger partial charge in [0.25, 0.3) is 0 Å². The molecule has 0 saturated heterocycles. The molecular weight excluding hydrogens is 721 g/mol. The summed E-state index contributed by atoms with van der Waals surface area (Å²) in [5.74, 6) is 3.15. The normalized spacial score (nSPS) is 21.6. The molecule has 4 nitrogen and oxygen atoms in total. The zero-order chi connectivity index (χ0) is 38.8. The number of anilines is 1. The van der Waals surface area contributed by atoms with Crippen LogP contribution in [-0.4, -0.2) is 10.6 Å². The van der Waals surface area contributed by atoms with Crippen LogP contribution in [0.4, 0.5) is 5.69 Å². The highest BCUT2D eigenvalue weighted by atomic mass is 16.3. The van der Waals surface area contributed by atoms with E-state index in [4.69, 9.17) is 8.83 Å². The maximum atomic E-state index is 6.50. The van der Waals surface area contributed by atoms with E-state index in [9.17, 15) is 0 Å². The fourth-order valence-electron chi connectivity index (χ4n) is 10.9. The molecule has 59 heavy (non-hydrogen) atoms. The number of hydrogen-bond donors (Lipinski definition) is 0. The Hall–Kier alpha value is -6.78. The fourth-order valence-corrected chi connectivity index (χ4v) is 10.9. The minimum absolute atomic E-state index is 0.202. The van der Waals surface area contributed by atoms with E-state index in [0.717, 1.165) is 64.8 Å². The average molecular weight is 763 g/mol. The standard InChI is InChI=1S/C55H42N2O2/c1-33-27-39(32-47-42-15-7-10-18-53(42)59-55(33)47)57-50-23-19-35(34-11-3-2-4-12-34)28-44(50)45-30-37(21-25-51(45)57)36-20-24-49-43(29-36)40-13-5-8-16-48(40)56(49)38-22-26-54-46(31-38)41-14-6-9-17-52(41)58-54/h2-6,8-11,13-14,16-26,28-34,45,51H,7,12,15,27H2,1H3. The highest BCUT2D eigenvalue weighted by Crippen LogP contribution is 2.52. The van der Waals surface area contributed by atoms with Gasteiger partial charge in [0, 0.05) is 67.5 Å². The van der Waals surface area contributed by atoms with Gasteiger partial charge in [-0.1, -0.05) is 110 Å². The summed E-state index contributed by atoms with van der Waals surface area (Å²) in [5.41, 5.74) is 16.1. The number of hydrogen-bond acceptors (Lipinski definition) is 3. The van der Waals surface area contributed by atoms with Gasteiger partial charge in [0.2, 0.25) is 0 Å². The molecule has 3 aromatic heterocycles. The maximum absolute atomic E-state index is 6.50. The maximum Gasteiger partial charge on any atom is 0.135 e. The minimum Gasteiger partial charge on any atom is -0.460 e. The number of aromatic nitrogens is 1. The van der Waals surface area contributed by atoms with Gasteiger partial charge in [-0.2, -0.15) is 0 Å². The lowest BCUT2D eigenvalue weighted by Crippen LogP contribution is -2.33. The van der Waals surface area contributed by atoms with E-state index in [1.54, 1.807) is 0 Å². The van der Waals surface area contributed by atoms with Gasteiger partial charge in [0.1, 0.15) is 22.7 Å². The van der Waals surface area contributed by atoms with Crippen LogP contribution in [-0.2, 0) is 6.42 Å². The molecule has 4 atom stereocenters. The fraction of sp³-hybridized carbons (Fsp3) is 0.164. The molecule has 4 unspecified atom stereocenters. The number of nitrogens with zero attached hydrogens (tertiary/aromatic N) is 2. The molecule has 284 valence electrons. The Balaban J connectivity index is 0.930. The minimum atomic E-state index is 0.202. The first-order chi connectivity index (χ1) is 29.1. The molecule has 0 radical (unpaired) electrons. The van der Waals surface area contributed by atoms with Crippen molar-refractivity contribution >= 4 is 67.2 Å². The van der Waals surface area contributed by atoms with Crippen LogP contribution in [0.15, 0.2) is 166 Å². The third kappa shape index (κ3) is 4.96. The molecule has 1 aliphatic heterocycles. The molecule has 8 aromatic rings. The molecule has 0 N–H and O–H groups in total. The lowest BCUT2D eigenvalue weighted by atomic mass is 9.83. The third-order valence-corrected chi connectivity index (χ3v) is 13.7. The topological polar surface area (TPSA) is 34.5 Å². The highest BCUT2D eigenvalue weighted by Gasteiger charge is 2.41. The van der Waals surface area contributed by atoms with Gasteiger partial charge in [-0.25, -0.2) is 0 Å². The molecule has 4 heteroatoms. The van der Waals surface area contributed by atoms with Crippen LogP contribution >= 0.6 is 0 Å². The number of para-hydroxylation sites is 2. The largest absolute Gasteiger partial charge is 0.460 e. The molecule has 4 heterocycles. The van der Waals surface area contributed by atoms with E-state index >= 15 is 0 Å². The summed E-state index contributed by atoms with van der Waals surface area (Å²) in [6.45, 7) is 2.34. The van der Waals surface area contributed by atoms with Crippen LogP contribution in [0.25, 0.3) is 67.2 Å². The van der Waals surface area contributed by atoms with E-state index in [2.05, 4.69) is 168 Å². The Kier molecular flexibility index (Phi) is 7.10. The van der Waals surface area contributed by atoms with E-state index in [0.29, 0.717) is 11.8 Å². The van der Waals surface area contributed by atoms with Crippen molar-refractivity contribution in [3.05, 3.63) is 197 Å². The van der Waals surface area contributed by atoms with Crippen LogP contribution in [0, 0.1) is 0 Å². The van der Waals surface area contributed by atoms with Gasteiger partial charge >= 0.3 is 0 Å². The molecule has 5 aliphatic rings. The monoisotopic (exact) mass is 762 g/mol. The number of allylic oxidation sites excluding steroid dienone is 8. The number of benzene rings is 5. The SMILES string of the molecule is CC1CC(N2c3ccc(C4C=CC=CC4)cc3C3C=C(c4ccc5c(c4)c4ccccc4n5-c4ccc5oc6ccccc6c5c4)C=CC32)=Cc2c1oc1c2CCC=C1. The predicted octanol–water partition coefficient (Wildman–Crippen LogP) is 14.3. The smallest absolute Gasteiger partial charge is 0.135 e. The van der Waals surface area contributed by atoms with Crippen molar-refractivity contribution in [2.45, 2.75) is 56.4 Å². The van der Waals surface area contributed by atoms with Crippen molar-refractivity contribution in [1.29, 1.82) is 0 Å². The van der Waals surface area contributed by atoms with Gasteiger partial charge in [0.15, 0.2) is 0 Å². The van der Waals surface area contributed by atoms with Gasteiger partial charge in [-0.15, -0.1) is 0 Å². The molecule has 0 spiro atoms. The number of furan rings is 2. The number of fused-ring (bicyclic) bond motifs is 12. The summed E-state index contributed by atoms with van der Waals surface area (Å²) in [5, 5.41) is 4.80. The van der Waals surface area contributed by atoms with Crippen LogP contribution in [0.5, 0.6) is 0 Å². The van der Waals surface area contributed by atoms with Crippen molar-refractivity contribution in [1.82, 2.24) is 4.57 Å². The Morgan fingerprint density at radius 3 is 2.53 bits per heavy atom. The second-order valence-electron chi connectivity index (χ2n) is 17.1. The van der Waals surface area contributed by atoms with Crippen LogP contribution < -0.4 is 4.90 Å². The Morgan fingerprint density at radius 2 is 1.59 bits per heavy atom. The van der Waals surface area contributed by atoms with Gasteiger partial charge in [-0.05, 0) is 109 Å². The van der Waals surface area contributed by atoms with Crippen LogP contribution in [0.1, 0.15) is 83.3 Å². The third-order valence-electron chi connectivity index (χ3n) is 13.7. The summed E-state index contributed by atoms with van der Waals surface area (Å²) in [6.07, 6.45) is 27.5. The van der Waals surface area contributed by atoms with E-state index in [1.165, 1.54) is 66.6 Å². The second-order valence-corrected chi connectivity index (χ2v) is 17.1. The Morgan fingerprint density at radius 1 is 0.712 bits per heavy atom. The molecule has 0 saturated carbocycles. The predicted molar refractivity (Wildman–Crippen MR) is 243 cm³/mol. The first-order valence-electron chi connectivity index (χ1n) is 21.3. The number of rotatable bonds is 4. The van der Waals surface area contributed by atoms with Crippen molar-refractivity contribution in [2.24, 2.45) is 0 Å². The quantitative estimate of drug-likeness (QED) is 0.179.